The highest BCUT2D eigenvalue weighted by Crippen LogP contribution is 2.26. The second-order valence-electron chi connectivity index (χ2n) is 5.70. The summed E-state index contributed by atoms with van der Waals surface area (Å²) in [5, 5.41) is 1.85. The summed E-state index contributed by atoms with van der Waals surface area (Å²) in [5.74, 6) is 1.23. The zero-order valence-corrected chi connectivity index (χ0v) is 14.6. The van der Waals surface area contributed by atoms with Gasteiger partial charge in [0.15, 0.2) is 0 Å². The van der Waals surface area contributed by atoms with E-state index in [-0.39, 0.29) is 5.91 Å². The van der Waals surface area contributed by atoms with Gasteiger partial charge in [-0.25, -0.2) is 9.97 Å². The first-order chi connectivity index (χ1) is 11.6. The van der Waals surface area contributed by atoms with E-state index in [0.29, 0.717) is 12.2 Å². The van der Waals surface area contributed by atoms with E-state index in [2.05, 4.69) is 17.1 Å². The minimum Gasteiger partial charge on any atom is -0.348 e. The van der Waals surface area contributed by atoms with E-state index in [1.807, 2.05) is 42.5 Å². The molecule has 0 saturated carbocycles. The summed E-state index contributed by atoms with van der Waals surface area (Å²) in [6.07, 6.45) is 0.681. The first kappa shape index (κ1) is 16.5. The first-order valence-corrected chi connectivity index (χ1v) is 8.74. The van der Waals surface area contributed by atoms with Gasteiger partial charge in [-0.3, -0.25) is 4.79 Å². The Kier molecular flexibility index (Phi) is 5.11. The highest BCUT2D eigenvalue weighted by Gasteiger charge is 2.11. The molecule has 5 heteroatoms. The molecule has 0 atom stereocenters. The predicted octanol–water partition coefficient (Wildman–Crippen LogP) is 3.40. The topological polar surface area (TPSA) is 46.1 Å². The van der Waals surface area contributed by atoms with Crippen LogP contribution in [0.25, 0.3) is 10.9 Å². The van der Waals surface area contributed by atoms with Crippen molar-refractivity contribution in [3.63, 3.8) is 0 Å². The van der Waals surface area contributed by atoms with Crippen LogP contribution in [0.2, 0.25) is 0 Å². The van der Waals surface area contributed by atoms with Crippen LogP contribution in [-0.2, 0) is 11.2 Å². The lowest BCUT2D eigenvalue weighted by molar-refractivity contribution is -0.125. The molecule has 24 heavy (non-hydrogen) atoms. The number of benzene rings is 2. The van der Waals surface area contributed by atoms with Gasteiger partial charge in [0, 0.05) is 25.9 Å². The number of thioether (sulfide) groups is 1. The average molecular weight is 337 g/mol. The Morgan fingerprint density at radius 2 is 1.71 bits per heavy atom. The molecule has 0 aliphatic rings. The summed E-state index contributed by atoms with van der Waals surface area (Å²) in [5.41, 5.74) is 2.09. The van der Waals surface area contributed by atoms with E-state index in [0.717, 1.165) is 21.8 Å². The number of para-hydroxylation sites is 1. The van der Waals surface area contributed by atoms with Crippen LogP contribution < -0.4 is 0 Å². The van der Waals surface area contributed by atoms with Crippen LogP contribution >= 0.6 is 11.8 Å². The van der Waals surface area contributed by atoms with Crippen LogP contribution in [0.1, 0.15) is 11.4 Å². The van der Waals surface area contributed by atoms with E-state index in [1.54, 1.807) is 19.0 Å². The first-order valence-electron chi connectivity index (χ1n) is 7.76. The van der Waals surface area contributed by atoms with Gasteiger partial charge in [-0.1, -0.05) is 60.3 Å². The normalized spacial score (nSPS) is 10.8. The van der Waals surface area contributed by atoms with Crippen molar-refractivity contribution >= 4 is 28.6 Å². The lowest BCUT2D eigenvalue weighted by Crippen LogP contribution is -2.23. The standard InChI is InChI=1S/C19H19N3OS/c1-22(2)18(23)13-24-19-15-10-6-7-11-16(15)20-17(21-19)12-14-8-4-3-5-9-14/h3-11H,12-13H2,1-2H3. The number of hydrogen-bond acceptors (Lipinski definition) is 4. The van der Waals surface area contributed by atoms with Gasteiger partial charge < -0.3 is 4.90 Å². The number of rotatable bonds is 5. The number of hydrogen-bond donors (Lipinski definition) is 0. The van der Waals surface area contributed by atoms with Crippen molar-refractivity contribution in [2.24, 2.45) is 0 Å². The van der Waals surface area contributed by atoms with Crippen LogP contribution in [0.5, 0.6) is 0 Å². The molecule has 0 unspecified atom stereocenters. The van der Waals surface area contributed by atoms with Crippen molar-refractivity contribution in [2.75, 3.05) is 19.8 Å². The molecule has 3 aromatic rings. The van der Waals surface area contributed by atoms with Crippen LogP contribution in [0, 0.1) is 0 Å². The fourth-order valence-electron chi connectivity index (χ4n) is 2.32. The molecule has 122 valence electrons. The molecule has 0 saturated heterocycles. The van der Waals surface area contributed by atoms with Gasteiger partial charge in [0.2, 0.25) is 5.91 Å². The van der Waals surface area contributed by atoms with Gasteiger partial charge in [-0.15, -0.1) is 0 Å². The average Bonchev–Trinajstić information content (AvgIpc) is 2.60. The third-order valence-electron chi connectivity index (χ3n) is 3.65. The third kappa shape index (κ3) is 3.92. The minimum atomic E-state index is 0.0762. The van der Waals surface area contributed by atoms with Gasteiger partial charge in [0.25, 0.3) is 0 Å². The zero-order valence-electron chi connectivity index (χ0n) is 13.8. The van der Waals surface area contributed by atoms with Crippen molar-refractivity contribution in [1.29, 1.82) is 0 Å². The van der Waals surface area contributed by atoms with E-state index < -0.39 is 0 Å². The SMILES string of the molecule is CN(C)C(=O)CSc1nc(Cc2ccccc2)nc2ccccc12. The van der Waals surface area contributed by atoms with E-state index in [1.165, 1.54) is 17.3 Å². The van der Waals surface area contributed by atoms with Gasteiger partial charge in [-0.2, -0.15) is 0 Å². The Labute approximate surface area is 145 Å². The molecule has 2 aromatic carbocycles. The third-order valence-corrected chi connectivity index (χ3v) is 4.63. The van der Waals surface area contributed by atoms with Crippen molar-refractivity contribution in [1.82, 2.24) is 14.9 Å². The number of carbonyl (C=O) groups excluding carboxylic acids is 1. The van der Waals surface area contributed by atoms with Gasteiger partial charge in [-0.05, 0) is 11.6 Å². The van der Waals surface area contributed by atoms with Crippen molar-refractivity contribution < 1.29 is 4.79 Å². The minimum absolute atomic E-state index is 0.0762. The highest BCUT2D eigenvalue weighted by atomic mass is 32.2. The number of amides is 1. The second-order valence-corrected chi connectivity index (χ2v) is 6.67. The molecule has 0 spiro atoms. The van der Waals surface area contributed by atoms with E-state index in [9.17, 15) is 4.79 Å². The molecule has 1 heterocycles. The molecule has 1 amide bonds. The molecule has 0 bridgehead atoms. The highest BCUT2D eigenvalue weighted by molar-refractivity contribution is 8.00. The summed E-state index contributed by atoms with van der Waals surface area (Å²) >= 11 is 1.47. The molecule has 0 aliphatic carbocycles. The molecule has 0 N–H and O–H groups in total. The van der Waals surface area contributed by atoms with Crippen LogP contribution in [0.3, 0.4) is 0 Å². The Balaban J connectivity index is 1.92. The molecule has 0 aliphatic heterocycles. The number of carbonyl (C=O) groups is 1. The Morgan fingerprint density at radius 3 is 2.46 bits per heavy atom. The summed E-state index contributed by atoms with van der Waals surface area (Å²) in [7, 11) is 3.53. The second kappa shape index (κ2) is 7.45. The van der Waals surface area contributed by atoms with Crippen molar-refractivity contribution in [3.05, 3.63) is 66.0 Å². The van der Waals surface area contributed by atoms with Gasteiger partial charge in [0.05, 0.1) is 11.3 Å². The Morgan fingerprint density at radius 1 is 1.00 bits per heavy atom. The Hall–Kier alpha value is -2.40. The van der Waals surface area contributed by atoms with Crippen LogP contribution in [0.15, 0.2) is 59.6 Å². The summed E-state index contributed by atoms with van der Waals surface area (Å²) in [6, 6.07) is 18.1. The fraction of sp³-hybridized carbons (Fsp3) is 0.211. The molecule has 1 aromatic heterocycles. The van der Waals surface area contributed by atoms with Crippen molar-refractivity contribution in [3.8, 4) is 0 Å². The molecular weight excluding hydrogens is 318 g/mol. The summed E-state index contributed by atoms with van der Waals surface area (Å²) < 4.78 is 0. The van der Waals surface area contributed by atoms with Crippen LogP contribution in [-0.4, -0.2) is 40.6 Å². The largest absolute Gasteiger partial charge is 0.348 e. The smallest absolute Gasteiger partial charge is 0.232 e. The quantitative estimate of drug-likeness (QED) is 0.529. The zero-order chi connectivity index (χ0) is 16.9. The predicted molar refractivity (Wildman–Crippen MR) is 98.2 cm³/mol. The lowest BCUT2D eigenvalue weighted by atomic mass is 10.1. The summed E-state index contributed by atoms with van der Waals surface area (Å²) in [6.45, 7) is 0. The maximum absolute atomic E-state index is 11.9. The fourth-order valence-corrected chi connectivity index (χ4v) is 3.34. The van der Waals surface area contributed by atoms with Crippen LogP contribution in [0.4, 0.5) is 0 Å². The summed E-state index contributed by atoms with van der Waals surface area (Å²) in [4.78, 5) is 22.9. The maximum Gasteiger partial charge on any atom is 0.232 e. The van der Waals surface area contributed by atoms with Crippen molar-refractivity contribution in [2.45, 2.75) is 11.4 Å². The Bertz CT molecular complexity index is 850. The molecular formula is C19H19N3OS. The molecule has 3 rings (SSSR count). The number of aromatic nitrogens is 2. The number of nitrogens with zero attached hydrogens (tertiary/aromatic N) is 3. The molecule has 4 nitrogen and oxygen atoms in total. The number of fused-ring (bicyclic) bond motifs is 1. The van der Waals surface area contributed by atoms with E-state index in [4.69, 9.17) is 4.98 Å². The lowest BCUT2D eigenvalue weighted by Gasteiger charge is -2.11. The monoisotopic (exact) mass is 337 g/mol. The molecule has 0 fully saturated rings. The van der Waals surface area contributed by atoms with Gasteiger partial charge in [0.1, 0.15) is 10.9 Å². The van der Waals surface area contributed by atoms with Gasteiger partial charge >= 0.3 is 0 Å². The maximum atomic E-state index is 11.9. The molecule has 0 radical (unpaired) electrons. The van der Waals surface area contributed by atoms with E-state index >= 15 is 0 Å².